The van der Waals surface area contributed by atoms with Crippen LogP contribution in [0.5, 0.6) is 5.75 Å². The summed E-state index contributed by atoms with van der Waals surface area (Å²) in [6, 6.07) is 9.95. The summed E-state index contributed by atoms with van der Waals surface area (Å²) in [6.45, 7) is 0. The van der Waals surface area contributed by atoms with Gasteiger partial charge in [0.15, 0.2) is 17.3 Å². The number of carbonyl (C=O) groups is 1. The molecule has 0 radical (unpaired) electrons. The van der Waals surface area contributed by atoms with Crippen LogP contribution in [-0.4, -0.2) is 20.7 Å². The maximum absolute atomic E-state index is 13.4. The van der Waals surface area contributed by atoms with Crippen molar-refractivity contribution in [3.8, 4) is 11.4 Å². The minimum absolute atomic E-state index is 0.118. The lowest BCUT2D eigenvalue weighted by Crippen LogP contribution is -2.27. The smallest absolute Gasteiger partial charge is 0.282 e. The molecular formula is C18H12F2N2O3. The van der Waals surface area contributed by atoms with E-state index in [0.29, 0.717) is 11.3 Å². The Morgan fingerprint density at radius 3 is 2.48 bits per heavy atom. The number of aromatic hydroxyl groups is 1. The zero-order chi connectivity index (χ0) is 18.0. The number of halogens is 2. The molecule has 0 saturated carbocycles. The predicted octanol–water partition coefficient (Wildman–Crippen LogP) is 2.64. The first-order valence-electron chi connectivity index (χ1n) is 7.30. The van der Waals surface area contributed by atoms with E-state index in [1.165, 1.54) is 42.6 Å². The maximum atomic E-state index is 13.4. The summed E-state index contributed by atoms with van der Waals surface area (Å²) in [5.74, 6) is -2.34. The van der Waals surface area contributed by atoms with E-state index in [1.807, 2.05) is 0 Å². The molecular weight excluding hydrogens is 330 g/mol. The molecule has 0 atom stereocenters. The Morgan fingerprint density at radius 1 is 1.08 bits per heavy atom. The number of hydrogen-bond donors (Lipinski definition) is 1. The van der Waals surface area contributed by atoms with Crippen molar-refractivity contribution in [1.82, 2.24) is 9.78 Å². The number of phenols is 1. The highest BCUT2D eigenvalue weighted by Crippen LogP contribution is 2.17. The molecule has 3 aromatic rings. The normalized spacial score (nSPS) is 10.6. The first kappa shape index (κ1) is 16.5. The summed E-state index contributed by atoms with van der Waals surface area (Å²) < 4.78 is 27.4. The number of aromatic nitrogens is 2. The summed E-state index contributed by atoms with van der Waals surface area (Å²) in [7, 11) is 0. The molecule has 1 heterocycles. The molecule has 0 spiro atoms. The molecule has 1 aromatic heterocycles. The van der Waals surface area contributed by atoms with Gasteiger partial charge >= 0.3 is 0 Å². The molecule has 0 saturated heterocycles. The number of ketones is 1. The van der Waals surface area contributed by atoms with Crippen LogP contribution in [-0.2, 0) is 6.42 Å². The number of benzene rings is 2. The van der Waals surface area contributed by atoms with E-state index in [1.54, 1.807) is 0 Å². The SMILES string of the molecule is O=C(Cc1ccc(O)c(F)c1)c1ccnn(-c2ccc(F)cc2)c1=O. The standard InChI is InChI=1S/C18H12F2N2O3/c19-12-2-4-13(5-3-12)22-18(25)14(7-8-21-22)17(24)10-11-1-6-16(23)15(20)9-11/h1-9,23H,10H2. The molecule has 7 heteroatoms. The van der Waals surface area contributed by atoms with E-state index in [0.717, 1.165) is 16.8 Å². The van der Waals surface area contributed by atoms with Crippen LogP contribution in [0.1, 0.15) is 15.9 Å². The van der Waals surface area contributed by atoms with Gasteiger partial charge in [-0.25, -0.2) is 8.78 Å². The fraction of sp³-hybridized carbons (Fsp3) is 0.0556. The van der Waals surface area contributed by atoms with E-state index >= 15 is 0 Å². The van der Waals surface area contributed by atoms with Gasteiger partial charge in [-0.2, -0.15) is 9.78 Å². The van der Waals surface area contributed by atoms with Crippen LogP contribution in [0.15, 0.2) is 59.5 Å². The first-order chi connectivity index (χ1) is 12.0. The molecule has 25 heavy (non-hydrogen) atoms. The monoisotopic (exact) mass is 342 g/mol. The van der Waals surface area contributed by atoms with Gasteiger partial charge in [-0.15, -0.1) is 0 Å². The minimum Gasteiger partial charge on any atom is -0.505 e. The summed E-state index contributed by atoms with van der Waals surface area (Å²) in [6.07, 6.45) is 1.08. The summed E-state index contributed by atoms with van der Waals surface area (Å²) in [5.41, 5.74) is -0.132. The molecule has 0 bridgehead atoms. The van der Waals surface area contributed by atoms with Crippen molar-refractivity contribution in [3.63, 3.8) is 0 Å². The van der Waals surface area contributed by atoms with Crippen LogP contribution in [0.4, 0.5) is 8.78 Å². The number of hydrogen-bond acceptors (Lipinski definition) is 4. The Labute approximate surface area is 140 Å². The third-order valence-corrected chi connectivity index (χ3v) is 3.59. The van der Waals surface area contributed by atoms with Gasteiger partial charge in [-0.1, -0.05) is 6.07 Å². The van der Waals surface area contributed by atoms with E-state index in [-0.39, 0.29) is 12.0 Å². The lowest BCUT2D eigenvalue weighted by atomic mass is 10.0. The Balaban J connectivity index is 1.93. The Hall–Kier alpha value is -3.35. The van der Waals surface area contributed by atoms with E-state index < -0.39 is 28.7 Å². The number of phenolic OH excluding ortho intramolecular Hbond substituents is 1. The van der Waals surface area contributed by atoms with E-state index in [4.69, 9.17) is 0 Å². The molecule has 5 nitrogen and oxygen atoms in total. The number of Topliss-reactive ketones (excluding diaryl/α,β-unsaturated/α-hetero) is 1. The molecule has 0 aliphatic rings. The van der Waals surface area contributed by atoms with Gasteiger partial charge < -0.3 is 5.11 Å². The Morgan fingerprint density at radius 2 is 1.80 bits per heavy atom. The van der Waals surface area contributed by atoms with Gasteiger partial charge in [0.05, 0.1) is 11.3 Å². The van der Waals surface area contributed by atoms with Gasteiger partial charge in [-0.05, 0) is 48.0 Å². The molecule has 1 N–H and O–H groups in total. The molecule has 0 amide bonds. The molecule has 0 aliphatic heterocycles. The zero-order valence-corrected chi connectivity index (χ0v) is 12.8. The van der Waals surface area contributed by atoms with Crippen molar-refractivity contribution in [3.05, 3.63) is 87.8 Å². The number of carbonyl (C=O) groups excluding carboxylic acids is 1. The molecule has 0 unspecified atom stereocenters. The largest absolute Gasteiger partial charge is 0.505 e. The Kier molecular flexibility index (Phi) is 4.38. The van der Waals surface area contributed by atoms with Gasteiger partial charge in [0.25, 0.3) is 5.56 Å². The van der Waals surface area contributed by atoms with Crippen LogP contribution in [0.2, 0.25) is 0 Å². The second-order valence-corrected chi connectivity index (χ2v) is 5.32. The summed E-state index contributed by atoms with van der Waals surface area (Å²) in [5, 5.41) is 13.1. The van der Waals surface area contributed by atoms with Gasteiger partial charge in [0, 0.05) is 12.6 Å². The highest BCUT2D eigenvalue weighted by atomic mass is 19.1. The summed E-state index contributed by atoms with van der Waals surface area (Å²) in [4.78, 5) is 24.9. The molecule has 126 valence electrons. The second kappa shape index (κ2) is 6.64. The number of rotatable bonds is 4. The zero-order valence-electron chi connectivity index (χ0n) is 12.8. The average Bonchev–Trinajstić information content (AvgIpc) is 2.59. The lowest BCUT2D eigenvalue weighted by Gasteiger charge is -2.07. The fourth-order valence-corrected chi connectivity index (χ4v) is 2.33. The fourth-order valence-electron chi connectivity index (χ4n) is 2.33. The molecule has 0 aliphatic carbocycles. The topological polar surface area (TPSA) is 72.2 Å². The molecule has 3 rings (SSSR count). The van der Waals surface area contributed by atoms with Gasteiger partial charge in [0.1, 0.15) is 5.82 Å². The average molecular weight is 342 g/mol. The van der Waals surface area contributed by atoms with Crippen LogP contribution in [0.25, 0.3) is 5.69 Å². The van der Waals surface area contributed by atoms with Crippen molar-refractivity contribution in [2.45, 2.75) is 6.42 Å². The van der Waals surface area contributed by atoms with E-state index in [2.05, 4.69) is 5.10 Å². The maximum Gasteiger partial charge on any atom is 0.282 e. The van der Waals surface area contributed by atoms with Crippen molar-refractivity contribution >= 4 is 5.78 Å². The molecule has 0 fully saturated rings. The lowest BCUT2D eigenvalue weighted by molar-refractivity contribution is 0.0991. The van der Waals surface area contributed by atoms with Crippen LogP contribution < -0.4 is 5.56 Å². The quantitative estimate of drug-likeness (QED) is 0.740. The second-order valence-electron chi connectivity index (χ2n) is 5.32. The van der Waals surface area contributed by atoms with Crippen LogP contribution >= 0.6 is 0 Å². The van der Waals surface area contributed by atoms with Crippen molar-refractivity contribution in [1.29, 1.82) is 0 Å². The third-order valence-electron chi connectivity index (χ3n) is 3.59. The van der Waals surface area contributed by atoms with Crippen molar-refractivity contribution in [2.75, 3.05) is 0 Å². The van der Waals surface area contributed by atoms with Gasteiger partial charge in [0.2, 0.25) is 0 Å². The van der Waals surface area contributed by atoms with Crippen LogP contribution in [0.3, 0.4) is 0 Å². The summed E-state index contributed by atoms with van der Waals surface area (Å²) >= 11 is 0. The Bertz CT molecular complexity index is 998. The third kappa shape index (κ3) is 3.45. The number of nitrogens with zero attached hydrogens (tertiary/aromatic N) is 2. The first-order valence-corrected chi connectivity index (χ1v) is 7.30. The van der Waals surface area contributed by atoms with E-state index in [9.17, 15) is 23.5 Å². The van der Waals surface area contributed by atoms with Gasteiger partial charge in [-0.3, -0.25) is 9.59 Å². The van der Waals surface area contributed by atoms with Crippen molar-refractivity contribution in [2.24, 2.45) is 0 Å². The highest BCUT2D eigenvalue weighted by Gasteiger charge is 2.15. The molecule has 2 aromatic carbocycles. The highest BCUT2D eigenvalue weighted by molar-refractivity contribution is 5.97. The van der Waals surface area contributed by atoms with Crippen LogP contribution in [0, 0.1) is 11.6 Å². The van der Waals surface area contributed by atoms with Crippen molar-refractivity contribution < 1.29 is 18.7 Å². The predicted molar refractivity (Wildman–Crippen MR) is 85.9 cm³/mol. The minimum atomic E-state index is -0.844.